The number of carbonyl (C=O) groups excluding carboxylic acids is 1. The quantitative estimate of drug-likeness (QED) is 0.776. The molecular weight excluding hydrogens is 395 g/mol. The molecule has 1 aromatic carbocycles. The molecule has 2 aromatic rings. The first-order valence-corrected chi connectivity index (χ1v) is 10.3. The van der Waals surface area contributed by atoms with E-state index in [1.807, 2.05) is 35.9 Å². The van der Waals surface area contributed by atoms with Crippen LogP contribution < -0.4 is 11.1 Å². The number of nitrogens with one attached hydrogen (secondary N) is 1. The van der Waals surface area contributed by atoms with E-state index in [0.29, 0.717) is 22.4 Å². The molecule has 0 radical (unpaired) electrons. The van der Waals surface area contributed by atoms with Crippen LogP contribution in [0.2, 0.25) is 5.02 Å². The number of benzene rings is 1. The lowest BCUT2D eigenvalue weighted by Gasteiger charge is -2.45. The van der Waals surface area contributed by atoms with Crippen molar-refractivity contribution in [3.05, 3.63) is 46.7 Å². The molecule has 1 aromatic heterocycles. The van der Waals surface area contributed by atoms with Crippen molar-refractivity contribution >= 4 is 29.9 Å². The Hall–Kier alpha value is -1.56. The molecule has 3 N–H and O–H groups in total. The van der Waals surface area contributed by atoms with Gasteiger partial charge in [0.15, 0.2) is 0 Å². The van der Waals surface area contributed by atoms with E-state index in [9.17, 15) is 4.79 Å². The van der Waals surface area contributed by atoms with Crippen LogP contribution in [-0.4, -0.2) is 27.8 Å². The van der Waals surface area contributed by atoms with Crippen molar-refractivity contribution < 1.29 is 4.79 Å². The van der Waals surface area contributed by atoms with Crippen molar-refractivity contribution in [2.24, 2.45) is 17.6 Å². The van der Waals surface area contributed by atoms with Crippen molar-refractivity contribution in [2.75, 3.05) is 0 Å². The van der Waals surface area contributed by atoms with Crippen LogP contribution in [0.25, 0.3) is 5.69 Å². The van der Waals surface area contributed by atoms with Gasteiger partial charge in [-0.25, -0.2) is 4.68 Å². The van der Waals surface area contributed by atoms with Crippen LogP contribution in [0, 0.1) is 11.8 Å². The van der Waals surface area contributed by atoms with Gasteiger partial charge in [-0.05, 0) is 62.1 Å². The Morgan fingerprint density at radius 3 is 2.68 bits per heavy atom. The summed E-state index contributed by atoms with van der Waals surface area (Å²) in [6, 6.07) is 8.07. The molecule has 2 aliphatic rings. The minimum absolute atomic E-state index is 0. The molecule has 7 heteroatoms. The van der Waals surface area contributed by atoms with Crippen molar-refractivity contribution in [1.82, 2.24) is 15.1 Å². The van der Waals surface area contributed by atoms with Gasteiger partial charge in [0.1, 0.15) is 0 Å². The van der Waals surface area contributed by atoms with Gasteiger partial charge in [0.25, 0.3) is 5.91 Å². The lowest BCUT2D eigenvalue weighted by molar-refractivity contribution is 0.0755. The number of nitrogens with two attached hydrogens (primary N) is 1. The summed E-state index contributed by atoms with van der Waals surface area (Å²) in [6.45, 7) is 2.04. The molecule has 2 aliphatic carbocycles. The Labute approximate surface area is 177 Å². The SMILES string of the molecule is CCc1c(C(=O)NC2C3CCCC2CC(N)C3)cnn1-c1cccc(Cl)c1.Cl. The van der Waals surface area contributed by atoms with Crippen LogP contribution in [0.15, 0.2) is 30.5 Å². The lowest BCUT2D eigenvalue weighted by atomic mass is 9.67. The average molecular weight is 423 g/mol. The number of halogens is 2. The molecule has 2 fully saturated rings. The first-order valence-electron chi connectivity index (χ1n) is 9.96. The largest absolute Gasteiger partial charge is 0.349 e. The summed E-state index contributed by atoms with van der Waals surface area (Å²) >= 11 is 6.12. The zero-order valence-corrected chi connectivity index (χ0v) is 17.7. The standard InChI is InChI=1S/C21H27ClN4O.ClH/c1-2-19-18(12-24-26(19)17-8-4-7-15(22)11-17)21(27)25-20-13-5-3-6-14(20)10-16(23)9-13;/h4,7-8,11-14,16,20H,2-3,5-6,9-10,23H2,1H3,(H,25,27);1H. The fourth-order valence-corrected chi connectivity index (χ4v) is 5.17. The Balaban J connectivity index is 0.00000225. The molecule has 2 atom stereocenters. The minimum atomic E-state index is -0.0162. The van der Waals surface area contributed by atoms with Crippen molar-refractivity contribution in [2.45, 2.75) is 57.5 Å². The molecule has 1 heterocycles. The summed E-state index contributed by atoms with van der Waals surface area (Å²) in [4.78, 5) is 13.1. The Bertz CT molecular complexity index is 824. The van der Waals surface area contributed by atoms with Crippen molar-refractivity contribution in [1.29, 1.82) is 0 Å². The van der Waals surface area contributed by atoms with Gasteiger partial charge < -0.3 is 11.1 Å². The summed E-state index contributed by atoms with van der Waals surface area (Å²) in [5.74, 6) is 0.992. The first kappa shape index (κ1) is 21.2. The molecule has 2 saturated carbocycles. The molecule has 4 rings (SSSR count). The van der Waals surface area contributed by atoms with E-state index >= 15 is 0 Å². The molecule has 0 saturated heterocycles. The van der Waals surface area contributed by atoms with E-state index in [-0.39, 0.29) is 30.4 Å². The number of carbonyl (C=O) groups is 1. The smallest absolute Gasteiger partial charge is 0.255 e. The van der Waals surface area contributed by atoms with Gasteiger partial charge >= 0.3 is 0 Å². The predicted molar refractivity (Wildman–Crippen MR) is 114 cm³/mol. The molecule has 0 aliphatic heterocycles. The van der Waals surface area contributed by atoms with Crippen LogP contribution in [0.4, 0.5) is 0 Å². The van der Waals surface area contributed by atoms with Crippen LogP contribution in [0.3, 0.4) is 0 Å². The molecule has 1 amide bonds. The van der Waals surface area contributed by atoms with Crippen LogP contribution in [0.1, 0.15) is 55.1 Å². The third-order valence-electron chi connectivity index (χ3n) is 6.18. The predicted octanol–water partition coefficient (Wildman–Crippen LogP) is 4.15. The minimum Gasteiger partial charge on any atom is -0.349 e. The summed E-state index contributed by atoms with van der Waals surface area (Å²) in [6.07, 6.45) is 8.02. The fourth-order valence-electron chi connectivity index (χ4n) is 4.99. The van der Waals surface area contributed by atoms with Gasteiger partial charge in [0.2, 0.25) is 0 Å². The molecule has 5 nitrogen and oxygen atoms in total. The highest BCUT2D eigenvalue weighted by atomic mass is 35.5. The number of nitrogens with zero attached hydrogens (tertiary/aromatic N) is 2. The van der Waals surface area contributed by atoms with Gasteiger partial charge in [-0.2, -0.15) is 5.10 Å². The van der Waals surface area contributed by atoms with Crippen molar-refractivity contribution in [3.8, 4) is 5.69 Å². The Morgan fingerprint density at radius 1 is 1.32 bits per heavy atom. The third kappa shape index (κ3) is 4.07. The van der Waals surface area contributed by atoms with E-state index in [4.69, 9.17) is 17.3 Å². The second kappa shape index (κ2) is 8.85. The van der Waals surface area contributed by atoms with Gasteiger partial charge in [0, 0.05) is 17.1 Å². The normalized spacial score (nSPS) is 26.4. The number of rotatable bonds is 4. The maximum Gasteiger partial charge on any atom is 0.255 e. The Morgan fingerprint density at radius 2 is 2.04 bits per heavy atom. The van der Waals surface area contributed by atoms with E-state index in [1.165, 1.54) is 6.42 Å². The molecule has 152 valence electrons. The highest BCUT2D eigenvalue weighted by Crippen LogP contribution is 2.39. The maximum atomic E-state index is 13.1. The van der Waals surface area contributed by atoms with E-state index in [0.717, 1.165) is 43.5 Å². The zero-order valence-electron chi connectivity index (χ0n) is 16.1. The van der Waals surface area contributed by atoms with Crippen LogP contribution in [-0.2, 0) is 6.42 Å². The number of amides is 1. The summed E-state index contributed by atoms with van der Waals surface area (Å²) in [5.41, 5.74) is 8.66. The highest BCUT2D eigenvalue weighted by Gasteiger charge is 2.40. The molecule has 2 unspecified atom stereocenters. The van der Waals surface area contributed by atoms with Crippen LogP contribution in [0.5, 0.6) is 0 Å². The van der Waals surface area contributed by atoms with E-state index < -0.39 is 0 Å². The first-order chi connectivity index (χ1) is 13.1. The number of aromatic nitrogens is 2. The third-order valence-corrected chi connectivity index (χ3v) is 6.41. The summed E-state index contributed by atoms with van der Waals surface area (Å²) in [5, 5.41) is 8.46. The summed E-state index contributed by atoms with van der Waals surface area (Å²) < 4.78 is 1.82. The number of fused-ring (bicyclic) bond motifs is 2. The molecular formula is C21H28Cl2N4O. The van der Waals surface area contributed by atoms with Crippen molar-refractivity contribution in [3.63, 3.8) is 0 Å². The maximum absolute atomic E-state index is 13.1. The summed E-state index contributed by atoms with van der Waals surface area (Å²) in [7, 11) is 0. The number of hydrogen-bond donors (Lipinski definition) is 2. The second-order valence-corrected chi connectivity index (χ2v) is 8.37. The number of hydrogen-bond acceptors (Lipinski definition) is 3. The lowest BCUT2D eigenvalue weighted by Crippen LogP contribution is -2.53. The monoisotopic (exact) mass is 422 g/mol. The van der Waals surface area contributed by atoms with E-state index in [2.05, 4.69) is 10.4 Å². The van der Waals surface area contributed by atoms with Crippen LogP contribution >= 0.6 is 24.0 Å². The van der Waals surface area contributed by atoms with Gasteiger partial charge in [-0.1, -0.05) is 31.0 Å². The van der Waals surface area contributed by atoms with E-state index in [1.54, 1.807) is 6.20 Å². The highest BCUT2D eigenvalue weighted by molar-refractivity contribution is 6.30. The Kier molecular flexibility index (Phi) is 6.69. The average Bonchev–Trinajstić information content (AvgIpc) is 3.06. The second-order valence-electron chi connectivity index (χ2n) is 7.93. The zero-order chi connectivity index (χ0) is 19.0. The van der Waals surface area contributed by atoms with Gasteiger partial charge in [0.05, 0.1) is 23.1 Å². The molecule has 28 heavy (non-hydrogen) atoms. The fraction of sp³-hybridized carbons (Fsp3) is 0.524. The topological polar surface area (TPSA) is 72.9 Å². The molecule has 2 bridgehead atoms. The van der Waals surface area contributed by atoms with Gasteiger partial charge in [-0.3, -0.25) is 4.79 Å². The molecule has 0 spiro atoms. The van der Waals surface area contributed by atoms with Gasteiger partial charge in [-0.15, -0.1) is 12.4 Å².